The zero-order valence-corrected chi connectivity index (χ0v) is 11.4. The Hall–Kier alpha value is -2.42. The van der Waals surface area contributed by atoms with Crippen LogP contribution in [0.4, 0.5) is 0 Å². The predicted molar refractivity (Wildman–Crippen MR) is 80.8 cm³/mol. The Bertz CT molecular complexity index is 791. The van der Waals surface area contributed by atoms with Crippen LogP contribution in [0.5, 0.6) is 0 Å². The Kier molecular flexibility index (Phi) is 3.33. The monoisotopic (exact) mass is 264 g/mol. The lowest BCUT2D eigenvalue weighted by molar-refractivity contribution is 0.726. The van der Waals surface area contributed by atoms with E-state index >= 15 is 0 Å². The minimum atomic E-state index is 0.0265. The van der Waals surface area contributed by atoms with Gasteiger partial charge in [0.15, 0.2) is 0 Å². The number of hydrogen-bond donors (Lipinski definition) is 0. The van der Waals surface area contributed by atoms with E-state index in [0.29, 0.717) is 5.39 Å². The van der Waals surface area contributed by atoms with Crippen molar-refractivity contribution in [3.05, 3.63) is 76.3 Å². The molecule has 100 valence electrons. The van der Waals surface area contributed by atoms with Gasteiger partial charge in [-0.15, -0.1) is 0 Å². The molecule has 3 rings (SSSR count). The Labute approximate surface area is 117 Å². The smallest absolute Gasteiger partial charge is 0.261 e. The molecule has 0 aliphatic rings. The van der Waals surface area contributed by atoms with Crippen molar-refractivity contribution in [3.8, 4) is 0 Å². The van der Waals surface area contributed by atoms with E-state index in [0.717, 1.165) is 24.2 Å². The van der Waals surface area contributed by atoms with E-state index < -0.39 is 0 Å². The fourth-order valence-electron chi connectivity index (χ4n) is 2.39. The van der Waals surface area contributed by atoms with E-state index in [2.05, 4.69) is 17.1 Å². The Morgan fingerprint density at radius 3 is 2.45 bits per heavy atom. The van der Waals surface area contributed by atoms with E-state index in [9.17, 15) is 4.79 Å². The van der Waals surface area contributed by atoms with E-state index in [1.807, 2.05) is 42.5 Å². The second kappa shape index (κ2) is 5.29. The lowest BCUT2D eigenvalue weighted by Crippen LogP contribution is -2.22. The Morgan fingerprint density at radius 1 is 0.950 bits per heavy atom. The summed E-state index contributed by atoms with van der Waals surface area (Å²) in [6.07, 6.45) is 1.65. The van der Waals surface area contributed by atoms with Gasteiger partial charge in [0.05, 0.1) is 10.9 Å². The van der Waals surface area contributed by atoms with E-state index in [-0.39, 0.29) is 5.56 Å². The molecule has 0 radical (unpaired) electrons. The van der Waals surface area contributed by atoms with Gasteiger partial charge in [0, 0.05) is 13.5 Å². The molecule has 0 bridgehead atoms. The van der Waals surface area contributed by atoms with Crippen LogP contribution in [0.3, 0.4) is 0 Å². The van der Waals surface area contributed by atoms with Crippen molar-refractivity contribution in [1.29, 1.82) is 0 Å². The minimum absolute atomic E-state index is 0.0265. The van der Waals surface area contributed by atoms with E-state index in [1.165, 1.54) is 5.56 Å². The molecule has 1 aromatic heterocycles. The first-order valence-corrected chi connectivity index (χ1v) is 6.74. The summed E-state index contributed by atoms with van der Waals surface area (Å²) in [6.45, 7) is 0. The van der Waals surface area contributed by atoms with Gasteiger partial charge in [-0.05, 0) is 24.1 Å². The molecule has 0 aliphatic carbocycles. The van der Waals surface area contributed by atoms with E-state index in [4.69, 9.17) is 0 Å². The van der Waals surface area contributed by atoms with Gasteiger partial charge in [0.25, 0.3) is 5.56 Å². The standard InChI is InChI=1S/C17H16N2O/c1-19-16(12-11-13-7-3-2-4-8-13)18-15-10-6-5-9-14(15)17(19)20/h2-10H,11-12H2,1H3. The zero-order chi connectivity index (χ0) is 13.9. The maximum Gasteiger partial charge on any atom is 0.261 e. The van der Waals surface area contributed by atoms with Crippen LogP contribution in [0.15, 0.2) is 59.4 Å². The zero-order valence-electron chi connectivity index (χ0n) is 11.4. The first-order chi connectivity index (χ1) is 9.75. The molecule has 0 spiro atoms. The molecule has 0 N–H and O–H groups in total. The quantitative estimate of drug-likeness (QED) is 0.729. The largest absolute Gasteiger partial charge is 0.299 e. The van der Waals surface area contributed by atoms with Crippen LogP contribution in [0.1, 0.15) is 11.4 Å². The van der Waals surface area contributed by atoms with Crippen molar-refractivity contribution < 1.29 is 0 Å². The number of hydrogen-bond acceptors (Lipinski definition) is 2. The van der Waals surface area contributed by atoms with Crippen molar-refractivity contribution in [2.45, 2.75) is 12.8 Å². The molecule has 0 saturated carbocycles. The van der Waals surface area contributed by atoms with Gasteiger partial charge in [-0.1, -0.05) is 42.5 Å². The highest BCUT2D eigenvalue weighted by molar-refractivity contribution is 5.77. The molecule has 0 atom stereocenters. The molecule has 0 unspecified atom stereocenters. The lowest BCUT2D eigenvalue weighted by Gasteiger charge is -2.09. The summed E-state index contributed by atoms with van der Waals surface area (Å²) < 4.78 is 1.66. The molecule has 1 heterocycles. The third-order valence-electron chi connectivity index (χ3n) is 3.56. The van der Waals surface area contributed by atoms with Crippen LogP contribution in [0.2, 0.25) is 0 Å². The third kappa shape index (κ3) is 2.35. The molecule has 3 heteroatoms. The second-order valence-electron chi connectivity index (χ2n) is 4.89. The van der Waals surface area contributed by atoms with Crippen LogP contribution in [-0.2, 0) is 19.9 Å². The maximum atomic E-state index is 12.3. The van der Waals surface area contributed by atoms with Crippen molar-refractivity contribution in [3.63, 3.8) is 0 Å². The molecule has 2 aromatic carbocycles. The van der Waals surface area contributed by atoms with Gasteiger partial charge < -0.3 is 0 Å². The van der Waals surface area contributed by atoms with Gasteiger partial charge >= 0.3 is 0 Å². The topological polar surface area (TPSA) is 34.9 Å². The molecular weight excluding hydrogens is 248 g/mol. The number of rotatable bonds is 3. The fourth-order valence-corrected chi connectivity index (χ4v) is 2.39. The average molecular weight is 264 g/mol. The second-order valence-corrected chi connectivity index (χ2v) is 4.89. The summed E-state index contributed by atoms with van der Waals surface area (Å²) in [4.78, 5) is 16.9. The van der Waals surface area contributed by atoms with Crippen molar-refractivity contribution in [1.82, 2.24) is 9.55 Å². The molecule has 0 fully saturated rings. The predicted octanol–water partition coefficient (Wildman–Crippen LogP) is 2.72. The van der Waals surface area contributed by atoms with Gasteiger partial charge in [0.2, 0.25) is 0 Å². The number of aryl methyl sites for hydroxylation is 2. The number of benzene rings is 2. The molecule has 0 amide bonds. The minimum Gasteiger partial charge on any atom is -0.299 e. The molecule has 20 heavy (non-hydrogen) atoms. The number of para-hydroxylation sites is 1. The highest BCUT2D eigenvalue weighted by Gasteiger charge is 2.07. The Morgan fingerprint density at radius 2 is 1.65 bits per heavy atom. The normalized spacial score (nSPS) is 10.8. The summed E-state index contributed by atoms with van der Waals surface area (Å²) in [6, 6.07) is 17.8. The van der Waals surface area contributed by atoms with Gasteiger partial charge in [-0.2, -0.15) is 0 Å². The lowest BCUT2D eigenvalue weighted by atomic mass is 10.1. The molecule has 3 aromatic rings. The van der Waals surface area contributed by atoms with Crippen molar-refractivity contribution >= 4 is 10.9 Å². The molecule has 0 aliphatic heterocycles. The number of nitrogens with zero attached hydrogens (tertiary/aromatic N) is 2. The summed E-state index contributed by atoms with van der Waals surface area (Å²) in [5, 5.41) is 0.679. The summed E-state index contributed by atoms with van der Waals surface area (Å²) >= 11 is 0. The van der Waals surface area contributed by atoms with Gasteiger partial charge in [-0.25, -0.2) is 4.98 Å². The van der Waals surface area contributed by atoms with Gasteiger partial charge in [0.1, 0.15) is 5.82 Å². The molecular formula is C17H16N2O. The van der Waals surface area contributed by atoms with E-state index in [1.54, 1.807) is 11.6 Å². The summed E-state index contributed by atoms with van der Waals surface area (Å²) in [7, 11) is 1.79. The van der Waals surface area contributed by atoms with Gasteiger partial charge in [-0.3, -0.25) is 9.36 Å². The van der Waals surface area contributed by atoms with Crippen molar-refractivity contribution in [2.75, 3.05) is 0 Å². The van der Waals surface area contributed by atoms with Crippen LogP contribution in [-0.4, -0.2) is 9.55 Å². The van der Waals surface area contributed by atoms with Crippen LogP contribution < -0.4 is 5.56 Å². The first kappa shape index (κ1) is 12.6. The maximum absolute atomic E-state index is 12.3. The highest BCUT2D eigenvalue weighted by Crippen LogP contribution is 2.09. The SMILES string of the molecule is Cn1c(CCc2ccccc2)nc2ccccc2c1=O. The summed E-state index contributed by atoms with van der Waals surface area (Å²) in [5.41, 5.74) is 2.06. The van der Waals surface area contributed by atoms with Crippen molar-refractivity contribution in [2.24, 2.45) is 7.05 Å². The van der Waals surface area contributed by atoms with Crippen LogP contribution in [0, 0.1) is 0 Å². The molecule has 3 nitrogen and oxygen atoms in total. The van der Waals surface area contributed by atoms with Crippen LogP contribution >= 0.6 is 0 Å². The summed E-state index contributed by atoms with van der Waals surface area (Å²) in [5.74, 6) is 0.831. The highest BCUT2D eigenvalue weighted by atomic mass is 16.1. The fraction of sp³-hybridized carbons (Fsp3) is 0.176. The number of fused-ring (bicyclic) bond motifs is 1. The average Bonchev–Trinajstić information content (AvgIpc) is 2.50. The first-order valence-electron chi connectivity index (χ1n) is 6.74. The van der Waals surface area contributed by atoms with Crippen LogP contribution in [0.25, 0.3) is 10.9 Å². The Balaban J connectivity index is 1.96. The number of aromatic nitrogens is 2. The molecule has 0 saturated heterocycles. The third-order valence-corrected chi connectivity index (χ3v) is 3.56.